The van der Waals surface area contributed by atoms with Gasteiger partial charge in [-0.05, 0) is 20.8 Å². The standard InChI is InChI=1S/C8H16F2N2/c1-7(2,3)12-4-6(11)8(9,10)5-12/h6H,4-5,11H2,1-3H3/t6-/m1/s1. The van der Waals surface area contributed by atoms with Gasteiger partial charge in [0.25, 0.3) is 5.92 Å². The molecule has 0 aliphatic carbocycles. The van der Waals surface area contributed by atoms with Crippen LogP contribution in [0.3, 0.4) is 0 Å². The van der Waals surface area contributed by atoms with E-state index in [1.165, 1.54) is 0 Å². The molecule has 0 aromatic rings. The van der Waals surface area contributed by atoms with Crippen molar-refractivity contribution in [2.75, 3.05) is 13.1 Å². The van der Waals surface area contributed by atoms with E-state index in [0.717, 1.165) is 0 Å². The maximum atomic E-state index is 13.0. The van der Waals surface area contributed by atoms with Crippen LogP contribution in [0.25, 0.3) is 0 Å². The summed E-state index contributed by atoms with van der Waals surface area (Å²) in [4.78, 5) is 1.72. The predicted octanol–water partition coefficient (Wildman–Crippen LogP) is 1.06. The predicted molar refractivity (Wildman–Crippen MR) is 44.2 cm³/mol. The van der Waals surface area contributed by atoms with Gasteiger partial charge < -0.3 is 5.73 Å². The van der Waals surface area contributed by atoms with E-state index in [2.05, 4.69) is 0 Å². The molecule has 1 atom stereocenters. The third kappa shape index (κ3) is 1.75. The Hall–Kier alpha value is -0.220. The summed E-state index contributed by atoms with van der Waals surface area (Å²) in [6.45, 7) is 5.83. The Morgan fingerprint density at radius 1 is 1.42 bits per heavy atom. The molecule has 1 saturated heterocycles. The molecule has 0 aromatic heterocycles. The van der Waals surface area contributed by atoms with Crippen molar-refractivity contribution >= 4 is 0 Å². The van der Waals surface area contributed by atoms with Gasteiger partial charge in [0.2, 0.25) is 0 Å². The molecule has 0 unspecified atom stereocenters. The third-order valence-electron chi connectivity index (χ3n) is 2.31. The first-order chi connectivity index (χ1) is 5.23. The molecule has 1 fully saturated rings. The minimum Gasteiger partial charge on any atom is -0.322 e. The average molecular weight is 178 g/mol. The number of likely N-dealkylation sites (tertiary alicyclic amines) is 1. The lowest BCUT2D eigenvalue weighted by atomic mass is 10.1. The highest BCUT2D eigenvalue weighted by Gasteiger charge is 2.48. The van der Waals surface area contributed by atoms with Crippen LogP contribution in [0.5, 0.6) is 0 Å². The Bertz CT molecular complexity index is 174. The second-order valence-corrected chi connectivity index (χ2v) is 4.42. The fourth-order valence-corrected chi connectivity index (χ4v) is 1.32. The second-order valence-electron chi connectivity index (χ2n) is 4.42. The van der Waals surface area contributed by atoms with Crippen LogP contribution in [-0.4, -0.2) is 35.5 Å². The summed E-state index contributed by atoms with van der Waals surface area (Å²) < 4.78 is 25.9. The Morgan fingerprint density at radius 2 is 1.92 bits per heavy atom. The van der Waals surface area contributed by atoms with Crippen molar-refractivity contribution in [3.05, 3.63) is 0 Å². The fourth-order valence-electron chi connectivity index (χ4n) is 1.32. The summed E-state index contributed by atoms with van der Waals surface area (Å²) in [6, 6.07) is -1.00. The number of rotatable bonds is 0. The van der Waals surface area contributed by atoms with Gasteiger partial charge in [-0.1, -0.05) is 0 Å². The lowest BCUT2D eigenvalue weighted by Crippen LogP contribution is -2.40. The number of nitrogens with two attached hydrogens (primary N) is 1. The molecule has 0 radical (unpaired) electrons. The smallest absolute Gasteiger partial charge is 0.276 e. The molecule has 1 heterocycles. The van der Waals surface area contributed by atoms with Gasteiger partial charge in [-0.25, -0.2) is 8.78 Å². The fraction of sp³-hybridized carbons (Fsp3) is 1.00. The zero-order valence-electron chi connectivity index (χ0n) is 7.77. The zero-order valence-corrected chi connectivity index (χ0v) is 7.77. The highest BCUT2D eigenvalue weighted by atomic mass is 19.3. The number of hydrogen-bond acceptors (Lipinski definition) is 2. The van der Waals surface area contributed by atoms with Crippen LogP contribution < -0.4 is 5.73 Å². The van der Waals surface area contributed by atoms with Crippen molar-refractivity contribution in [1.82, 2.24) is 4.90 Å². The van der Waals surface area contributed by atoms with Crippen molar-refractivity contribution in [1.29, 1.82) is 0 Å². The monoisotopic (exact) mass is 178 g/mol. The average Bonchev–Trinajstić information content (AvgIpc) is 2.06. The van der Waals surface area contributed by atoms with Crippen molar-refractivity contribution in [3.63, 3.8) is 0 Å². The van der Waals surface area contributed by atoms with Gasteiger partial charge in [0.05, 0.1) is 12.6 Å². The summed E-state index contributed by atoms with van der Waals surface area (Å²) in [5.41, 5.74) is 5.10. The lowest BCUT2D eigenvalue weighted by Gasteiger charge is -2.31. The van der Waals surface area contributed by atoms with Gasteiger partial charge in [-0.2, -0.15) is 0 Å². The largest absolute Gasteiger partial charge is 0.322 e. The molecule has 1 aliphatic heterocycles. The highest BCUT2D eigenvalue weighted by molar-refractivity contribution is 4.97. The molecule has 1 aliphatic rings. The molecule has 0 saturated carbocycles. The van der Waals surface area contributed by atoms with Crippen LogP contribution in [-0.2, 0) is 0 Å². The Morgan fingerprint density at radius 3 is 2.08 bits per heavy atom. The summed E-state index contributed by atoms with van der Waals surface area (Å²) in [5.74, 6) is -2.72. The topological polar surface area (TPSA) is 29.3 Å². The molecule has 72 valence electrons. The van der Waals surface area contributed by atoms with Gasteiger partial charge >= 0.3 is 0 Å². The highest BCUT2D eigenvalue weighted by Crippen LogP contribution is 2.30. The van der Waals surface area contributed by atoms with Crippen LogP contribution >= 0.6 is 0 Å². The summed E-state index contributed by atoms with van der Waals surface area (Å²) in [5, 5.41) is 0. The van der Waals surface area contributed by atoms with Crippen LogP contribution in [0.4, 0.5) is 8.78 Å². The lowest BCUT2D eigenvalue weighted by molar-refractivity contribution is -0.00882. The number of nitrogens with zero attached hydrogens (tertiary/aromatic N) is 1. The summed E-state index contributed by atoms with van der Waals surface area (Å²) >= 11 is 0. The molecular formula is C8H16F2N2. The molecule has 0 aromatic carbocycles. The molecule has 0 amide bonds. The van der Waals surface area contributed by atoms with E-state index in [9.17, 15) is 8.78 Å². The van der Waals surface area contributed by atoms with Gasteiger partial charge in [0.1, 0.15) is 0 Å². The first-order valence-electron chi connectivity index (χ1n) is 4.12. The molecule has 1 rings (SSSR count). The van der Waals surface area contributed by atoms with E-state index in [0.29, 0.717) is 0 Å². The maximum Gasteiger partial charge on any atom is 0.276 e. The van der Waals surface area contributed by atoms with Crippen molar-refractivity contribution in [3.8, 4) is 0 Å². The normalized spacial score (nSPS) is 31.0. The summed E-state index contributed by atoms with van der Waals surface area (Å²) in [6.07, 6.45) is 0. The van der Waals surface area contributed by atoms with E-state index in [-0.39, 0.29) is 18.6 Å². The van der Waals surface area contributed by atoms with Gasteiger partial charge in [0.15, 0.2) is 0 Å². The van der Waals surface area contributed by atoms with E-state index in [1.54, 1.807) is 4.90 Å². The van der Waals surface area contributed by atoms with Gasteiger partial charge in [-0.3, -0.25) is 4.90 Å². The Labute approximate surface area is 71.7 Å². The number of alkyl halides is 2. The number of hydrogen-bond donors (Lipinski definition) is 1. The SMILES string of the molecule is CC(C)(C)N1C[C@@H](N)C(F)(F)C1. The van der Waals surface area contributed by atoms with E-state index in [1.807, 2.05) is 20.8 Å². The zero-order chi connectivity index (χ0) is 9.57. The van der Waals surface area contributed by atoms with Crippen LogP contribution in [0, 0.1) is 0 Å². The molecular weight excluding hydrogens is 162 g/mol. The maximum absolute atomic E-state index is 13.0. The summed E-state index contributed by atoms with van der Waals surface area (Å²) in [7, 11) is 0. The quantitative estimate of drug-likeness (QED) is 0.601. The minimum atomic E-state index is -2.72. The third-order valence-corrected chi connectivity index (χ3v) is 2.31. The molecule has 2 nitrogen and oxygen atoms in total. The number of halogens is 2. The Kier molecular flexibility index (Phi) is 2.17. The molecule has 2 N–H and O–H groups in total. The van der Waals surface area contributed by atoms with Crippen molar-refractivity contribution in [2.24, 2.45) is 5.73 Å². The van der Waals surface area contributed by atoms with Gasteiger partial charge in [-0.15, -0.1) is 0 Å². The molecule has 4 heteroatoms. The van der Waals surface area contributed by atoms with Crippen molar-refractivity contribution < 1.29 is 8.78 Å². The first-order valence-corrected chi connectivity index (χ1v) is 4.12. The second kappa shape index (κ2) is 2.64. The van der Waals surface area contributed by atoms with E-state index >= 15 is 0 Å². The Balaban J connectivity index is 2.67. The van der Waals surface area contributed by atoms with Gasteiger partial charge in [0, 0.05) is 12.1 Å². The molecule has 0 bridgehead atoms. The molecule has 0 spiro atoms. The first kappa shape index (κ1) is 9.86. The van der Waals surface area contributed by atoms with Crippen LogP contribution in [0.1, 0.15) is 20.8 Å². The minimum absolute atomic E-state index is 0.211. The van der Waals surface area contributed by atoms with Crippen molar-refractivity contribution in [2.45, 2.75) is 38.3 Å². The van der Waals surface area contributed by atoms with E-state index < -0.39 is 12.0 Å². The van der Waals surface area contributed by atoms with Crippen LogP contribution in [0.2, 0.25) is 0 Å². The van der Waals surface area contributed by atoms with E-state index in [4.69, 9.17) is 5.73 Å². The van der Waals surface area contributed by atoms with Crippen LogP contribution in [0.15, 0.2) is 0 Å². The molecule has 12 heavy (non-hydrogen) atoms.